The standard InChI is InChI=1S/C15H30N2O/c1-17(13-14-5-11-18-12-6-14)10-9-15(16)7-3-2-4-8-15/h14H,2-13,16H2,1H3. The first kappa shape index (κ1) is 14.3. The van der Waals surface area contributed by atoms with E-state index in [0.29, 0.717) is 0 Å². The summed E-state index contributed by atoms with van der Waals surface area (Å²) in [7, 11) is 2.25. The SMILES string of the molecule is CN(CCC1(N)CCCCC1)CC1CCOCC1. The topological polar surface area (TPSA) is 38.5 Å². The van der Waals surface area contributed by atoms with Crippen molar-refractivity contribution < 1.29 is 4.74 Å². The molecule has 0 spiro atoms. The largest absolute Gasteiger partial charge is 0.381 e. The first-order valence-corrected chi connectivity index (χ1v) is 7.73. The molecule has 0 bridgehead atoms. The van der Waals surface area contributed by atoms with Gasteiger partial charge in [0.2, 0.25) is 0 Å². The maximum absolute atomic E-state index is 6.49. The third-order valence-electron chi connectivity index (χ3n) is 4.75. The fourth-order valence-electron chi connectivity index (χ4n) is 3.38. The van der Waals surface area contributed by atoms with Crippen molar-refractivity contribution in [3.63, 3.8) is 0 Å². The third kappa shape index (κ3) is 4.52. The Morgan fingerprint density at radius 3 is 2.50 bits per heavy atom. The fraction of sp³-hybridized carbons (Fsp3) is 1.00. The predicted octanol–water partition coefficient (Wildman–Crippen LogP) is 2.40. The summed E-state index contributed by atoms with van der Waals surface area (Å²) in [5.41, 5.74) is 6.63. The van der Waals surface area contributed by atoms with Crippen LogP contribution in [0.2, 0.25) is 0 Å². The van der Waals surface area contributed by atoms with Gasteiger partial charge in [0.15, 0.2) is 0 Å². The van der Waals surface area contributed by atoms with Crippen LogP contribution in [0, 0.1) is 5.92 Å². The Kier molecular flexibility index (Phi) is 5.46. The van der Waals surface area contributed by atoms with Crippen molar-refractivity contribution in [1.82, 2.24) is 4.90 Å². The van der Waals surface area contributed by atoms with Gasteiger partial charge >= 0.3 is 0 Å². The minimum absolute atomic E-state index is 0.141. The normalized spacial score (nSPS) is 25.5. The van der Waals surface area contributed by atoms with Crippen molar-refractivity contribution in [2.75, 3.05) is 33.4 Å². The molecule has 0 aromatic rings. The van der Waals surface area contributed by atoms with E-state index in [4.69, 9.17) is 10.5 Å². The molecule has 2 N–H and O–H groups in total. The molecule has 0 amide bonds. The van der Waals surface area contributed by atoms with Crippen LogP contribution in [-0.4, -0.2) is 43.8 Å². The lowest BCUT2D eigenvalue weighted by atomic mass is 9.80. The average Bonchev–Trinajstić information content (AvgIpc) is 2.39. The maximum atomic E-state index is 6.49. The first-order chi connectivity index (χ1) is 8.68. The van der Waals surface area contributed by atoms with Crippen LogP contribution < -0.4 is 5.73 Å². The summed E-state index contributed by atoms with van der Waals surface area (Å²) in [6.45, 7) is 4.30. The summed E-state index contributed by atoms with van der Waals surface area (Å²) in [6.07, 6.45) is 10.2. The van der Waals surface area contributed by atoms with E-state index < -0.39 is 0 Å². The Labute approximate surface area is 112 Å². The molecule has 2 aliphatic rings. The van der Waals surface area contributed by atoms with Crippen LogP contribution in [-0.2, 0) is 4.74 Å². The highest BCUT2D eigenvalue weighted by atomic mass is 16.5. The third-order valence-corrected chi connectivity index (χ3v) is 4.75. The Morgan fingerprint density at radius 1 is 1.17 bits per heavy atom. The summed E-state index contributed by atoms with van der Waals surface area (Å²) < 4.78 is 5.41. The molecule has 1 aliphatic carbocycles. The zero-order valence-electron chi connectivity index (χ0n) is 12.0. The van der Waals surface area contributed by atoms with Gasteiger partial charge < -0.3 is 15.4 Å². The van der Waals surface area contributed by atoms with Crippen molar-refractivity contribution in [1.29, 1.82) is 0 Å². The number of rotatable bonds is 5. The van der Waals surface area contributed by atoms with Crippen LogP contribution in [0.15, 0.2) is 0 Å². The molecule has 0 atom stereocenters. The lowest BCUT2D eigenvalue weighted by Crippen LogP contribution is -2.44. The molecule has 1 saturated carbocycles. The Bertz CT molecular complexity index is 233. The summed E-state index contributed by atoms with van der Waals surface area (Å²) in [4.78, 5) is 2.49. The molecule has 3 heteroatoms. The molecule has 0 aromatic carbocycles. The molecule has 0 radical (unpaired) electrons. The second kappa shape index (κ2) is 6.88. The van der Waals surface area contributed by atoms with Crippen LogP contribution in [0.25, 0.3) is 0 Å². The number of ether oxygens (including phenoxy) is 1. The predicted molar refractivity (Wildman–Crippen MR) is 75.7 cm³/mol. The molecule has 1 aliphatic heterocycles. The van der Waals surface area contributed by atoms with Crippen molar-refractivity contribution >= 4 is 0 Å². The molecule has 18 heavy (non-hydrogen) atoms. The van der Waals surface area contributed by atoms with Gasteiger partial charge in [0.25, 0.3) is 0 Å². The van der Waals surface area contributed by atoms with Crippen molar-refractivity contribution in [2.24, 2.45) is 11.7 Å². The summed E-state index contributed by atoms with van der Waals surface area (Å²) in [5, 5.41) is 0. The molecule has 106 valence electrons. The van der Waals surface area contributed by atoms with E-state index in [1.807, 2.05) is 0 Å². The van der Waals surface area contributed by atoms with E-state index in [2.05, 4.69) is 11.9 Å². The van der Waals surface area contributed by atoms with Crippen LogP contribution >= 0.6 is 0 Å². The average molecular weight is 254 g/mol. The fourth-order valence-corrected chi connectivity index (χ4v) is 3.38. The van der Waals surface area contributed by atoms with Gasteiger partial charge in [-0.25, -0.2) is 0 Å². The zero-order valence-corrected chi connectivity index (χ0v) is 12.0. The van der Waals surface area contributed by atoms with Gasteiger partial charge in [-0.05, 0) is 51.6 Å². The van der Waals surface area contributed by atoms with E-state index in [1.165, 1.54) is 57.9 Å². The summed E-state index contributed by atoms with van der Waals surface area (Å²) in [6, 6.07) is 0. The van der Waals surface area contributed by atoms with Crippen molar-refractivity contribution in [2.45, 2.75) is 56.9 Å². The quantitative estimate of drug-likeness (QED) is 0.819. The molecule has 2 fully saturated rings. The highest BCUT2D eigenvalue weighted by Gasteiger charge is 2.27. The lowest BCUT2D eigenvalue weighted by molar-refractivity contribution is 0.0546. The minimum Gasteiger partial charge on any atom is -0.381 e. The molecular weight excluding hydrogens is 224 g/mol. The maximum Gasteiger partial charge on any atom is 0.0469 e. The summed E-state index contributed by atoms with van der Waals surface area (Å²) >= 11 is 0. The van der Waals surface area contributed by atoms with Gasteiger partial charge in [0.1, 0.15) is 0 Å². The van der Waals surface area contributed by atoms with E-state index in [-0.39, 0.29) is 5.54 Å². The van der Waals surface area contributed by atoms with Crippen LogP contribution in [0.3, 0.4) is 0 Å². The van der Waals surface area contributed by atoms with Gasteiger partial charge in [0, 0.05) is 25.3 Å². The van der Waals surface area contributed by atoms with E-state index in [0.717, 1.165) is 25.7 Å². The minimum atomic E-state index is 0.141. The number of nitrogens with two attached hydrogens (primary N) is 1. The Balaban J connectivity index is 1.65. The number of hydrogen-bond donors (Lipinski definition) is 1. The van der Waals surface area contributed by atoms with Crippen molar-refractivity contribution in [3.8, 4) is 0 Å². The second-order valence-electron chi connectivity index (χ2n) is 6.49. The van der Waals surface area contributed by atoms with Gasteiger partial charge in [-0.2, -0.15) is 0 Å². The van der Waals surface area contributed by atoms with E-state index >= 15 is 0 Å². The van der Waals surface area contributed by atoms with E-state index in [1.54, 1.807) is 0 Å². The van der Waals surface area contributed by atoms with E-state index in [9.17, 15) is 0 Å². The molecular formula is C15H30N2O. The zero-order chi connectivity index (χ0) is 12.8. The second-order valence-corrected chi connectivity index (χ2v) is 6.49. The molecule has 2 rings (SSSR count). The molecule has 1 saturated heterocycles. The van der Waals surface area contributed by atoms with Crippen LogP contribution in [0.5, 0.6) is 0 Å². The van der Waals surface area contributed by atoms with Gasteiger partial charge in [-0.3, -0.25) is 0 Å². The highest BCUT2D eigenvalue weighted by Crippen LogP contribution is 2.28. The highest BCUT2D eigenvalue weighted by molar-refractivity contribution is 4.87. The van der Waals surface area contributed by atoms with Crippen LogP contribution in [0.1, 0.15) is 51.4 Å². The smallest absolute Gasteiger partial charge is 0.0469 e. The molecule has 1 heterocycles. The van der Waals surface area contributed by atoms with Gasteiger partial charge in [-0.15, -0.1) is 0 Å². The number of nitrogens with zero attached hydrogens (tertiary/aromatic N) is 1. The van der Waals surface area contributed by atoms with Gasteiger partial charge in [0.05, 0.1) is 0 Å². The number of hydrogen-bond acceptors (Lipinski definition) is 3. The monoisotopic (exact) mass is 254 g/mol. The van der Waals surface area contributed by atoms with Crippen LogP contribution in [0.4, 0.5) is 0 Å². The first-order valence-electron chi connectivity index (χ1n) is 7.73. The lowest BCUT2D eigenvalue weighted by Gasteiger charge is -2.35. The molecule has 0 aromatic heterocycles. The Morgan fingerprint density at radius 2 is 1.83 bits per heavy atom. The summed E-state index contributed by atoms with van der Waals surface area (Å²) in [5.74, 6) is 0.837. The van der Waals surface area contributed by atoms with Gasteiger partial charge in [-0.1, -0.05) is 19.3 Å². The van der Waals surface area contributed by atoms with Crippen molar-refractivity contribution in [3.05, 3.63) is 0 Å². The molecule has 3 nitrogen and oxygen atoms in total. The molecule has 0 unspecified atom stereocenters. The Hall–Kier alpha value is -0.120.